The molecule has 0 aliphatic rings. The second-order valence-electron chi connectivity index (χ2n) is 33.2. The molecule has 12 heteroatoms. The number of rotatable bonds is 8. The standard InChI is InChI=1S/C43H25N3S.C39H23N3S.C37H21N3S/c1-2-12-26(13-3-1)27-18-10-20-29-28(27)19-11-21-32(29)41-34-17-6-8-22-37(34)45-43(46-41)42-33-16-5-4-14-30(33)35-25-40-36(24-38(35)44-42)31-15-7-9-23-39(31)47-40;1-2-11-24(12-3-1)25-13-10-14-26(21-25)37-30-18-6-8-19-33(30)41-39(42-37)38-29-17-5-4-15-27(29)31-23-36-32(22-34(31)40-38)28-16-7-9-20-35(28)43-36;1-2-10-23-19-24(18-17-22(23)9-1)35-28-14-5-7-15-31(28)39-37(40-35)36-27-13-4-3-11-25(27)29-21-34-30(20-32(29)38-36)26-12-6-8-16-33(26)41-34/h1-25H;1-23H;1-21H. The van der Waals surface area contributed by atoms with E-state index >= 15 is 0 Å². The Kier molecular flexibility index (Phi) is 18.0. The average molecular weight is 1720 g/mol. The quantitative estimate of drug-likeness (QED) is 0.137. The minimum absolute atomic E-state index is 0.628. The minimum atomic E-state index is 0.628. The average Bonchev–Trinajstić information content (AvgIpc) is 1.65. The van der Waals surface area contributed by atoms with Gasteiger partial charge >= 0.3 is 0 Å². The van der Waals surface area contributed by atoms with Gasteiger partial charge in [0.05, 0.1) is 50.2 Å². The molecular weight excluding hydrogens is 1650 g/mol. The number of hydrogen-bond donors (Lipinski definition) is 0. The number of hydrogen-bond acceptors (Lipinski definition) is 12. The van der Waals surface area contributed by atoms with Crippen LogP contribution >= 0.6 is 34.0 Å². The van der Waals surface area contributed by atoms with Crippen LogP contribution in [0.4, 0.5) is 0 Å². The molecule has 0 saturated heterocycles. The van der Waals surface area contributed by atoms with Crippen molar-refractivity contribution in [2.45, 2.75) is 0 Å². The van der Waals surface area contributed by atoms with Crippen LogP contribution in [0.15, 0.2) is 419 Å². The fourth-order valence-electron chi connectivity index (χ4n) is 19.4. The highest BCUT2D eigenvalue weighted by molar-refractivity contribution is 7.26. The number of thiophene rings is 3. The fourth-order valence-corrected chi connectivity index (χ4v) is 22.8. The van der Waals surface area contributed by atoms with Gasteiger partial charge in [-0.3, -0.25) is 0 Å². The number of pyridine rings is 3. The molecule has 9 nitrogen and oxygen atoms in total. The number of nitrogens with zero attached hydrogens (tertiary/aromatic N) is 9. The van der Waals surface area contributed by atoms with Crippen molar-refractivity contribution in [2.24, 2.45) is 0 Å². The molecule has 0 bridgehead atoms. The van der Waals surface area contributed by atoms with E-state index in [0.29, 0.717) is 17.5 Å². The Morgan fingerprint density at radius 1 is 0.130 bits per heavy atom. The summed E-state index contributed by atoms with van der Waals surface area (Å²) in [6.07, 6.45) is 0. The lowest BCUT2D eigenvalue weighted by Crippen LogP contribution is -1.99. The predicted octanol–water partition coefficient (Wildman–Crippen LogP) is 32.7. The van der Waals surface area contributed by atoms with Crippen LogP contribution in [0.1, 0.15) is 0 Å². The van der Waals surface area contributed by atoms with E-state index in [1.165, 1.54) is 93.4 Å². The molecule has 0 radical (unpaired) electrons. The van der Waals surface area contributed by atoms with Gasteiger partial charge in [-0.05, 0) is 145 Å². The van der Waals surface area contributed by atoms with Crippen LogP contribution in [-0.4, -0.2) is 44.9 Å². The highest BCUT2D eigenvalue weighted by atomic mass is 32.1. The van der Waals surface area contributed by atoms with Gasteiger partial charge in [-0.1, -0.05) is 334 Å². The van der Waals surface area contributed by atoms with E-state index in [1.54, 1.807) is 0 Å². The summed E-state index contributed by atoms with van der Waals surface area (Å²) in [6.45, 7) is 0. The summed E-state index contributed by atoms with van der Waals surface area (Å²) in [4.78, 5) is 47.2. The summed E-state index contributed by atoms with van der Waals surface area (Å²) < 4.78 is 7.69. The molecule has 19 aromatic carbocycles. The molecule has 0 unspecified atom stereocenters. The van der Waals surface area contributed by atoms with E-state index in [4.69, 9.17) is 44.9 Å². The smallest absolute Gasteiger partial charge is 0.179 e. The van der Waals surface area contributed by atoms with E-state index in [0.717, 1.165) is 160 Å². The van der Waals surface area contributed by atoms with Crippen molar-refractivity contribution in [3.8, 4) is 90.6 Å². The SMILES string of the molecule is c1ccc(-c2cccc(-c3nc(-c4nc5cc6c(cc5c5ccccc45)sc4ccccc46)nc4ccccc34)c2)cc1.c1ccc(-c2cccc3c(-c4nc(-c5nc6cc7c(cc6c6ccccc56)sc5ccccc57)nc5ccccc45)cccc23)cc1.c1ccc2cc(-c3nc(-c4nc5cc6c(cc5c5ccccc45)sc4ccccc46)nc4ccccc34)ccc2c1. The van der Waals surface area contributed by atoms with Gasteiger partial charge in [-0.2, -0.15) is 0 Å². The maximum absolute atomic E-state index is 5.38. The molecule has 0 fully saturated rings. The molecule has 28 aromatic rings. The van der Waals surface area contributed by atoms with Gasteiger partial charge in [0.15, 0.2) is 17.5 Å². The molecule has 0 aliphatic carbocycles. The lowest BCUT2D eigenvalue weighted by molar-refractivity contribution is 1.20. The van der Waals surface area contributed by atoms with Gasteiger partial charge in [0.25, 0.3) is 0 Å². The molecular formula is C119H69N9S3. The van der Waals surface area contributed by atoms with Crippen LogP contribution in [0.3, 0.4) is 0 Å². The Hall–Kier alpha value is -16.6. The monoisotopic (exact) mass is 1720 g/mol. The minimum Gasteiger partial charge on any atom is -0.244 e. The Morgan fingerprint density at radius 2 is 0.450 bits per heavy atom. The molecule has 0 spiro atoms. The Balaban J connectivity index is 0.000000103. The zero-order chi connectivity index (χ0) is 86.1. The van der Waals surface area contributed by atoms with Crippen LogP contribution in [0.5, 0.6) is 0 Å². The Labute approximate surface area is 762 Å². The zero-order valence-electron chi connectivity index (χ0n) is 70.1. The normalized spacial score (nSPS) is 11.8. The molecule has 0 aliphatic heterocycles. The van der Waals surface area contributed by atoms with Crippen molar-refractivity contribution in [2.75, 3.05) is 0 Å². The summed E-state index contributed by atoms with van der Waals surface area (Å²) in [5, 5.41) is 25.4. The topological polar surface area (TPSA) is 116 Å². The summed E-state index contributed by atoms with van der Waals surface area (Å²) in [5.41, 5.74) is 18.6. The number of aromatic nitrogens is 9. The fraction of sp³-hybridized carbons (Fsp3) is 0. The molecule has 0 N–H and O–H groups in total. The largest absolute Gasteiger partial charge is 0.244 e. The van der Waals surface area contributed by atoms with Gasteiger partial charge in [0, 0.05) is 126 Å². The molecule has 9 heterocycles. The molecule has 131 heavy (non-hydrogen) atoms. The zero-order valence-corrected chi connectivity index (χ0v) is 72.5. The second-order valence-corrected chi connectivity index (χ2v) is 36.5. The number of para-hydroxylation sites is 3. The van der Waals surface area contributed by atoms with Gasteiger partial charge in [0.2, 0.25) is 0 Å². The van der Waals surface area contributed by atoms with Crippen molar-refractivity contribution in [3.63, 3.8) is 0 Å². The Bertz CT molecular complexity index is 9610. The van der Waals surface area contributed by atoms with Gasteiger partial charge in [-0.15, -0.1) is 34.0 Å². The summed E-state index contributed by atoms with van der Waals surface area (Å²) in [6, 6.07) is 148. The first-order valence-electron chi connectivity index (χ1n) is 43.9. The molecule has 9 aromatic heterocycles. The van der Waals surface area contributed by atoms with Crippen molar-refractivity contribution in [3.05, 3.63) is 419 Å². The lowest BCUT2D eigenvalue weighted by atomic mass is 9.93. The number of fused-ring (bicyclic) bond motifs is 23. The Morgan fingerprint density at radius 3 is 0.908 bits per heavy atom. The van der Waals surface area contributed by atoms with E-state index in [1.807, 2.05) is 58.3 Å². The molecule has 0 saturated carbocycles. The van der Waals surface area contributed by atoms with E-state index in [-0.39, 0.29) is 0 Å². The highest BCUT2D eigenvalue weighted by Gasteiger charge is 2.25. The maximum atomic E-state index is 5.38. The lowest BCUT2D eigenvalue weighted by Gasteiger charge is -2.14. The van der Waals surface area contributed by atoms with Crippen LogP contribution in [0.25, 0.3) is 270 Å². The van der Waals surface area contributed by atoms with Gasteiger partial charge in [-0.25, -0.2) is 44.9 Å². The van der Waals surface area contributed by atoms with Gasteiger partial charge in [0.1, 0.15) is 17.1 Å². The highest BCUT2D eigenvalue weighted by Crippen LogP contribution is 2.47. The summed E-state index contributed by atoms with van der Waals surface area (Å²) in [7, 11) is 0. The predicted molar refractivity (Wildman–Crippen MR) is 554 cm³/mol. The van der Waals surface area contributed by atoms with E-state index in [9.17, 15) is 0 Å². The molecule has 0 amide bonds. The molecule has 608 valence electrons. The third-order valence-electron chi connectivity index (χ3n) is 25.6. The van der Waals surface area contributed by atoms with Crippen molar-refractivity contribution in [1.29, 1.82) is 0 Å². The van der Waals surface area contributed by atoms with Crippen LogP contribution in [0.2, 0.25) is 0 Å². The molecule has 0 atom stereocenters. The first-order valence-corrected chi connectivity index (χ1v) is 46.3. The van der Waals surface area contributed by atoms with Crippen LogP contribution < -0.4 is 0 Å². The van der Waals surface area contributed by atoms with Crippen molar-refractivity contribution >= 4 is 214 Å². The first kappa shape index (κ1) is 75.7. The molecule has 28 rings (SSSR count). The summed E-state index contributed by atoms with van der Waals surface area (Å²) >= 11 is 5.50. The third-order valence-corrected chi connectivity index (χ3v) is 29.0. The van der Waals surface area contributed by atoms with E-state index < -0.39 is 0 Å². The van der Waals surface area contributed by atoms with Crippen molar-refractivity contribution in [1.82, 2.24) is 44.9 Å². The van der Waals surface area contributed by atoms with Crippen molar-refractivity contribution < 1.29 is 0 Å². The number of benzene rings is 19. The van der Waals surface area contributed by atoms with Crippen LogP contribution in [0, 0.1) is 0 Å². The maximum Gasteiger partial charge on any atom is 0.179 e. The third kappa shape index (κ3) is 13.0. The first-order chi connectivity index (χ1) is 64.9. The second kappa shape index (κ2) is 31.2. The summed E-state index contributed by atoms with van der Waals surface area (Å²) in [5.74, 6) is 1.90. The van der Waals surface area contributed by atoms with Gasteiger partial charge < -0.3 is 0 Å². The van der Waals surface area contributed by atoms with Crippen LogP contribution in [-0.2, 0) is 0 Å². The van der Waals surface area contributed by atoms with E-state index in [2.05, 4.69) is 394 Å².